The van der Waals surface area contributed by atoms with Crippen molar-refractivity contribution < 1.29 is 9.53 Å². The predicted molar refractivity (Wildman–Crippen MR) is 111 cm³/mol. The fourth-order valence-electron chi connectivity index (χ4n) is 2.57. The molecule has 1 aromatic heterocycles. The molecule has 0 aliphatic heterocycles. The first kappa shape index (κ1) is 19.4. The topological polar surface area (TPSA) is 76.1 Å². The van der Waals surface area contributed by atoms with Crippen molar-refractivity contribution in [2.45, 2.75) is 33.3 Å². The van der Waals surface area contributed by atoms with Gasteiger partial charge in [-0.3, -0.25) is 4.79 Å². The van der Waals surface area contributed by atoms with Gasteiger partial charge in [-0.25, -0.2) is 9.97 Å². The van der Waals surface area contributed by atoms with Crippen molar-refractivity contribution in [3.8, 4) is 5.75 Å². The van der Waals surface area contributed by atoms with Gasteiger partial charge in [0.15, 0.2) is 0 Å². The Labute approximate surface area is 165 Å². The molecule has 1 amide bonds. The Bertz CT molecular complexity index is 905. The Morgan fingerprint density at radius 1 is 0.964 bits per heavy atom. The molecule has 0 aliphatic rings. The zero-order valence-electron chi connectivity index (χ0n) is 16.3. The van der Waals surface area contributed by atoms with Crippen molar-refractivity contribution in [2.24, 2.45) is 0 Å². The minimum Gasteiger partial charge on any atom is -0.491 e. The van der Waals surface area contributed by atoms with Gasteiger partial charge in [-0.05, 0) is 62.2 Å². The Morgan fingerprint density at radius 2 is 1.64 bits per heavy atom. The highest BCUT2D eigenvalue weighted by Gasteiger charge is 2.09. The van der Waals surface area contributed by atoms with Crippen LogP contribution in [0.4, 0.5) is 17.2 Å². The number of aromatic nitrogens is 2. The standard InChI is InChI=1S/C22H24N4O2/c1-4-16-5-7-17(8-6-16)25-21-14-23-20(13-24-21)22(27)26-18-9-11-19(12-10-18)28-15(2)3/h5-15H,4H2,1-3H3,(H,24,25)(H,26,27). The fourth-order valence-corrected chi connectivity index (χ4v) is 2.57. The quantitative estimate of drug-likeness (QED) is 0.618. The van der Waals surface area contributed by atoms with Gasteiger partial charge in [-0.15, -0.1) is 0 Å². The van der Waals surface area contributed by atoms with Gasteiger partial charge in [0.05, 0.1) is 18.5 Å². The number of aryl methyl sites for hydroxylation is 1. The van der Waals surface area contributed by atoms with Crippen molar-refractivity contribution in [3.63, 3.8) is 0 Å². The molecule has 0 saturated carbocycles. The Balaban J connectivity index is 1.59. The van der Waals surface area contributed by atoms with Gasteiger partial charge in [-0.1, -0.05) is 19.1 Å². The molecule has 3 aromatic rings. The van der Waals surface area contributed by atoms with E-state index >= 15 is 0 Å². The van der Waals surface area contributed by atoms with E-state index in [1.54, 1.807) is 18.3 Å². The first-order valence-corrected chi connectivity index (χ1v) is 9.29. The van der Waals surface area contributed by atoms with E-state index in [9.17, 15) is 4.79 Å². The number of nitrogens with one attached hydrogen (secondary N) is 2. The summed E-state index contributed by atoms with van der Waals surface area (Å²) in [6.45, 7) is 6.05. The number of carbonyl (C=O) groups excluding carboxylic acids is 1. The second-order valence-corrected chi connectivity index (χ2v) is 6.61. The van der Waals surface area contributed by atoms with Crippen molar-refractivity contribution >= 4 is 23.1 Å². The lowest BCUT2D eigenvalue weighted by atomic mass is 10.1. The number of hydrogen-bond donors (Lipinski definition) is 2. The average molecular weight is 376 g/mol. The third-order valence-electron chi connectivity index (χ3n) is 4.00. The van der Waals surface area contributed by atoms with E-state index in [0.29, 0.717) is 11.5 Å². The lowest BCUT2D eigenvalue weighted by Gasteiger charge is -2.10. The molecule has 6 nitrogen and oxygen atoms in total. The Kier molecular flexibility index (Phi) is 6.22. The SMILES string of the molecule is CCc1ccc(Nc2cnc(C(=O)Nc3ccc(OC(C)C)cc3)cn2)cc1. The lowest BCUT2D eigenvalue weighted by Crippen LogP contribution is -2.14. The summed E-state index contributed by atoms with van der Waals surface area (Å²) in [5.74, 6) is 1.02. The largest absolute Gasteiger partial charge is 0.491 e. The lowest BCUT2D eigenvalue weighted by molar-refractivity contribution is 0.102. The minimum atomic E-state index is -0.316. The molecule has 0 unspecified atom stereocenters. The molecular formula is C22H24N4O2. The van der Waals surface area contributed by atoms with Crippen LogP contribution in [0.25, 0.3) is 0 Å². The number of anilines is 3. The zero-order valence-corrected chi connectivity index (χ0v) is 16.3. The van der Waals surface area contributed by atoms with Crippen LogP contribution in [-0.2, 0) is 6.42 Å². The van der Waals surface area contributed by atoms with Crippen LogP contribution in [-0.4, -0.2) is 22.0 Å². The summed E-state index contributed by atoms with van der Waals surface area (Å²) in [7, 11) is 0. The number of amides is 1. The van der Waals surface area contributed by atoms with Crippen LogP contribution in [0, 0.1) is 0 Å². The number of ether oxygens (including phenoxy) is 1. The first-order valence-electron chi connectivity index (χ1n) is 9.29. The first-order chi connectivity index (χ1) is 13.5. The molecule has 2 N–H and O–H groups in total. The van der Waals surface area contributed by atoms with Gasteiger partial charge >= 0.3 is 0 Å². The molecule has 0 fully saturated rings. The number of hydrogen-bond acceptors (Lipinski definition) is 5. The molecule has 0 aliphatic carbocycles. The van der Waals surface area contributed by atoms with Gasteiger partial charge < -0.3 is 15.4 Å². The second kappa shape index (κ2) is 8.99. The molecule has 28 heavy (non-hydrogen) atoms. The van der Waals surface area contributed by atoms with Crippen LogP contribution < -0.4 is 15.4 Å². The molecule has 0 spiro atoms. The van der Waals surface area contributed by atoms with Crippen molar-refractivity contribution in [1.82, 2.24) is 9.97 Å². The third kappa shape index (κ3) is 5.30. The van der Waals surface area contributed by atoms with Gasteiger partial charge in [0, 0.05) is 11.4 Å². The molecule has 0 radical (unpaired) electrons. The molecule has 0 atom stereocenters. The molecule has 3 rings (SSSR count). The van der Waals surface area contributed by atoms with Crippen LogP contribution in [0.1, 0.15) is 36.8 Å². The molecule has 0 saturated heterocycles. The molecule has 2 aromatic carbocycles. The van der Waals surface area contributed by atoms with Gasteiger partial charge in [0.2, 0.25) is 0 Å². The third-order valence-corrected chi connectivity index (χ3v) is 4.00. The average Bonchev–Trinajstić information content (AvgIpc) is 2.70. The van der Waals surface area contributed by atoms with Crippen molar-refractivity contribution in [2.75, 3.05) is 10.6 Å². The summed E-state index contributed by atoms with van der Waals surface area (Å²) in [5, 5.41) is 5.98. The fraction of sp³-hybridized carbons (Fsp3) is 0.227. The maximum Gasteiger partial charge on any atom is 0.275 e. The van der Waals surface area contributed by atoms with Gasteiger partial charge in [-0.2, -0.15) is 0 Å². The number of nitrogens with zero attached hydrogens (tertiary/aromatic N) is 2. The van der Waals surface area contributed by atoms with Crippen LogP contribution >= 0.6 is 0 Å². The highest BCUT2D eigenvalue weighted by Crippen LogP contribution is 2.18. The molecule has 0 bridgehead atoms. The highest BCUT2D eigenvalue weighted by atomic mass is 16.5. The normalized spacial score (nSPS) is 10.6. The van der Waals surface area contributed by atoms with Crippen LogP contribution in [0.3, 0.4) is 0 Å². The smallest absolute Gasteiger partial charge is 0.275 e. The summed E-state index contributed by atoms with van der Waals surface area (Å²) in [4.78, 5) is 20.8. The van der Waals surface area contributed by atoms with Crippen LogP contribution in [0.15, 0.2) is 60.9 Å². The number of rotatable bonds is 7. The summed E-state index contributed by atoms with van der Waals surface area (Å²) in [6.07, 6.45) is 4.10. The van der Waals surface area contributed by atoms with E-state index in [4.69, 9.17) is 4.74 Å². The maximum atomic E-state index is 12.4. The summed E-state index contributed by atoms with van der Waals surface area (Å²) in [5.41, 5.74) is 3.11. The van der Waals surface area contributed by atoms with E-state index < -0.39 is 0 Å². The van der Waals surface area contributed by atoms with Crippen LogP contribution in [0.5, 0.6) is 5.75 Å². The predicted octanol–water partition coefficient (Wildman–Crippen LogP) is 4.82. The molecule has 6 heteroatoms. The zero-order chi connectivity index (χ0) is 19.9. The van der Waals surface area contributed by atoms with Crippen molar-refractivity contribution in [1.29, 1.82) is 0 Å². The number of benzene rings is 2. The Hall–Kier alpha value is -3.41. The van der Waals surface area contributed by atoms with Gasteiger partial charge in [0.1, 0.15) is 17.3 Å². The van der Waals surface area contributed by atoms with Crippen LogP contribution in [0.2, 0.25) is 0 Å². The monoisotopic (exact) mass is 376 g/mol. The van der Waals surface area contributed by atoms with E-state index in [0.717, 1.165) is 17.9 Å². The molecule has 144 valence electrons. The molecular weight excluding hydrogens is 352 g/mol. The Morgan fingerprint density at radius 3 is 2.21 bits per heavy atom. The van der Waals surface area contributed by atoms with Gasteiger partial charge in [0.25, 0.3) is 5.91 Å². The summed E-state index contributed by atoms with van der Waals surface area (Å²) < 4.78 is 5.59. The van der Waals surface area contributed by atoms with Crippen molar-refractivity contribution in [3.05, 3.63) is 72.2 Å². The van der Waals surface area contributed by atoms with E-state index in [1.165, 1.54) is 11.8 Å². The minimum absolute atomic E-state index is 0.104. The summed E-state index contributed by atoms with van der Waals surface area (Å²) >= 11 is 0. The highest BCUT2D eigenvalue weighted by molar-refractivity contribution is 6.02. The number of carbonyl (C=O) groups is 1. The molecule has 1 heterocycles. The van der Waals surface area contributed by atoms with E-state index in [2.05, 4.69) is 39.7 Å². The van der Waals surface area contributed by atoms with E-state index in [-0.39, 0.29) is 17.7 Å². The van der Waals surface area contributed by atoms with E-state index in [1.807, 2.05) is 38.1 Å². The second-order valence-electron chi connectivity index (χ2n) is 6.61. The summed E-state index contributed by atoms with van der Waals surface area (Å²) in [6, 6.07) is 15.3. The maximum absolute atomic E-state index is 12.4.